The van der Waals surface area contributed by atoms with Crippen LogP contribution >= 0.6 is 22.9 Å². The van der Waals surface area contributed by atoms with Crippen LogP contribution in [0.5, 0.6) is 0 Å². The summed E-state index contributed by atoms with van der Waals surface area (Å²) in [5.41, 5.74) is 0.239. The average molecular weight is 357 g/mol. The summed E-state index contributed by atoms with van der Waals surface area (Å²) in [7, 11) is 0. The summed E-state index contributed by atoms with van der Waals surface area (Å²) in [6.07, 6.45) is 4.74. The molecule has 0 bridgehead atoms. The van der Waals surface area contributed by atoms with Gasteiger partial charge in [-0.25, -0.2) is 0 Å². The third-order valence-corrected chi connectivity index (χ3v) is 6.30. The van der Waals surface area contributed by atoms with Gasteiger partial charge in [-0.2, -0.15) is 0 Å². The fraction of sp³-hybridized carbons (Fsp3) is 0.706. The molecule has 128 valence electrons. The van der Waals surface area contributed by atoms with Crippen molar-refractivity contribution in [1.82, 2.24) is 9.80 Å². The Morgan fingerprint density at radius 3 is 2.91 bits per heavy atom. The third-order valence-electron chi connectivity index (χ3n) is 5.08. The van der Waals surface area contributed by atoms with Crippen molar-refractivity contribution >= 4 is 28.8 Å². The Kier molecular flexibility index (Phi) is 5.62. The second-order valence-corrected chi connectivity index (χ2v) is 8.71. The number of amides is 1. The Morgan fingerprint density at radius 2 is 2.17 bits per heavy atom. The molecule has 3 heterocycles. The number of aliphatic hydroxyl groups is 1. The maximum Gasteiger partial charge on any atom is 0.222 e. The van der Waals surface area contributed by atoms with Gasteiger partial charge in [0.2, 0.25) is 5.91 Å². The van der Waals surface area contributed by atoms with Crippen LogP contribution in [-0.2, 0) is 11.3 Å². The van der Waals surface area contributed by atoms with Crippen molar-refractivity contribution in [2.24, 2.45) is 5.41 Å². The second-order valence-electron chi connectivity index (χ2n) is 6.91. The zero-order valence-corrected chi connectivity index (χ0v) is 15.0. The first-order chi connectivity index (χ1) is 11.1. The molecule has 1 atom stereocenters. The highest BCUT2D eigenvalue weighted by Crippen LogP contribution is 2.39. The first-order valence-electron chi connectivity index (χ1n) is 8.45. The molecule has 3 rings (SSSR count). The Bertz CT molecular complexity index is 550. The minimum Gasteiger partial charge on any atom is -0.396 e. The van der Waals surface area contributed by atoms with Crippen LogP contribution in [0, 0.1) is 5.41 Å². The Morgan fingerprint density at radius 1 is 1.30 bits per heavy atom. The van der Waals surface area contributed by atoms with E-state index in [2.05, 4.69) is 11.0 Å². The van der Waals surface area contributed by atoms with E-state index in [4.69, 9.17) is 16.7 Å². The number of piperidine rings is 2. The normalized spacial score (nSPS) is 26.2. The number of hydrogen-bond donors (Lipinski definition) is 1. The molecule has 4 nitrogen and oxygen atoms in total. The fourth-order valence-corrected chi connectivity index (χ4v) is 5.13. The van der Waals surface area contributed by atoms with Crippen molar-refractivity contribution in [1.29, 1.82) is 0 Å². The molecule has 2 aliphatic heterocycles. The number of carbonyl (C=O) groups is 1. The molecule has 23 heavy (non-hydrogen) atoms. The summed E-state index contributed by atoms with van der Waals surface area (Å²) in [5, 5.41) is 9.04. The number of aliphatic hydroxyl groups excluding tert-OH is 1. The summed E-state index contributed by atoms with van der Waals surface area (Å²) in [6, 6.07) is 4.09. The molecule has 0 saturated carbocycles. The molecule has 0 aromatic carbocycles. The Hall–Kier alpha value is -0.620. The minimum absolute atomic E-state index is 0.155. The molecule has 2 saturated heterocycles. The van der Waals surface area contributed by atoms with E-state index in [1.54, 1.807) is 11.3 Å². The molecular weight excluding hydrogens is 332 g/mol. The minimum atomic E-state index is 0.155. The Labute approximate surface area is 147 Å². The maximum absolute atomic E-state index is 12.1. The van der Waals surface area contributed by atoms with Crippen molar-refractivity contribution in [2.45, 2.75) is 38.6 Å². The van der Waals surface area contributed by atoms with Gasteiger partial charge in [-0.15, -0.1) is 11.3 Å². The van der Waals surface area contributed by atoms with Gasteiger partial charge in [0.25, 0.3) is 0 Å². The van der Waals surface area contributed by atoms with E-state index in [1.165, 1.54) is 17.7 Å². The number of halogens is 1. The van der Waals surface area contributed by atoms with Gasteiger partial charge < -0.3 is 10.0 Å². The smallest absolute Gasteiger partial charge is 0.222 e. The van der Waals surface area contributed by atoms with E-state index < -0.39 is 0 Å². The summed E-state index contributed by atoms with van der Waals surface area (Å²) < 4.78 is 0.852. The standard InChI is InChI=1S/C17H25ClN2O2S/c18-15-4-3-14(23-15)11-19-8-1-6-17(12-19)7-5-16(22)20(13-17)9-2-10-21/h3-4,21H,1-2,5-13H2/t17-/m0/s1. The van der Waals surface area contributed by atoms with E-state index >= 15 is 0 Å². The molecule has 0 aliphatic carbocycles. The Balaban J connectivity index is 1.63. The molecule has 2 fully saturated rings. The summed E-state index contributed by atoms with van der Waals surface area (Å²) in [5.74, 6) is 0.256. The molecule has 0 radical (unpaired) electrons. The van der Waals surface area contributed by atoms with Gasteiger partial charge in [0, 0.05) is 49.5 Å². The van der Waals surface area contributed by atoms with E-state index in [9.17, 15) is 4.79 Å². The lowest BCUT2D eigenvalue weighted by Gasteiger charge is -2.48. The van der Waals surface area contributed by atoms with E-state index in [0.717, 1.165) is 36.9 Å². The molecule has 2 aliphatic rings. The quantitative estimate of drug-likeness (QED) is 0.882. The zero-order chi connectivity index (χ0) is 16.3. The van der Waals surface area contributed by atoms with Gasteiger partial charge in [0.15, 0.2) is 0 Å². The van der Waals surface area contributed by atoms with Crippen LogP contribution in [0.2, 0.25) is 4.34 Å². The number of thiophene rings is 1. The zero-order valence-electron chi connectivity index (χ0n) is 13.5. The van der Waals surface area contributed by atoms with E-state index in [0.29, 0.717) is 19.4 Å². The van der Waals surface area contributed by atoms with Crippen LogP contribution in [0.3, 0.4) is 0 Å². The van der Waals surface area contributed by atoms with Crippen molar-refractivity contribution in [3.8, 4) is 0 Å². The van der Waals surface area contributed by atoms with Crippen molar-refractivity contribution in [2.75, 3.05) is 32.8 Å². The molecule has 1 spiro atoms. The molecule has 1 N–H and O–H groups in total. The van der Waals surface area contributed by atoms with Crippen LogP contribution in [0.15, 0.2) is 12.1 Å². The molecule has 1 amide bonds. The molecule has 6 heteroatoms. The summed E-state index contributed by atoms with van der Waals surface area (Å²) in [6.45, 7) is 4.85. The lowest BCUT2D eigenvalue weighted by molar-refractivity contribution is -0.139. The third kappa shape index (κ3) is 4.27. The topological polar surface area (TPSA) is 43.8 Å². The lowest BCUT2D eigenvalue weighted by atomic mass is 9.73. The number of nitrogens with zero attached hydrogens (tertiary/aromatic N) is 2. The first-order valence-corrected chi connectivity index (χ1v) is 9.65. The van der Waals surface area contributed by atoms with Crippen LogP contribution < -0.4 is 0 Å². The highest BCUT2D eigenvalue weighted by molar-refractivity contribution is 7.16. The van der Waals surface area contributed by atoms with Crippen LogP contribution in [0.4, 0.5) is 0 Å². The molecular formula is C17H25ClN2O2S. The highest BCUT2D eigenvalue weighted by Gasteiger charge is 2.41. The second kappa shape index (κ2) is 7.51. The number of rotatable bonds is 5. The molecule has 0 unspecified atom stereocenters. The predicted molar refractivity (Wildman–Crippen MR) is 93.8 cm³/mol. The van der Waals surface area contributed by atoms with Gasteiger partial charge in [0.1, 0.15) is 0 Å². The van der Waals surface area contributed by atoms with Crippen LogP contribution in [-0.4, -0.2) is 53.6 Å². The van der Waals surface area contributed by atoms with Gasteiger partial charge >= 0.3 is 0 Å². The monoisotopic (exact) mass is 356 g/mol. The van der Waals surface area contributed by atoms with E-state index in [1.807, 2.05) is 11.0 Å². The van der Waals surface area contributed by atoms with E-state index in [-0.39, 0.29) is 17.9 Å². The average Bonchev–Trinajstić information content (AvgIpc) is 2.94. The van der Waals surface area contributed by atoms with Crippen molar-refractivity contribution in [3.63, 3.8) is 0 Å². The lowest BCUT2D eigenvalue weighted by Crippen LogP contribution is -2.54. The van der Waals surface area contributed by atoms with Gasteiger partial charge in [-0.3, -0.25) is 9.69 Å². The van der Waals surface area contributed by atoms with Crippen LogP contribution in [0.25, 0.3) is 0 Å². The van der Waals surface area contributed by atoms with Crippen LogP contribution in [0.1, 0.15) is 37.0 Å². The maximum atomic E-state index is 12.1. The molecule has 1 aromatic heterocycles. The number of likely N-dealkylation sites (tertiary alicyclic amines) is 2. The van der Waals surface area contributed by atoms with Crippen molar-refractivity contribution < 1.29 is 9.90 Å². The first kappa shape index (κ1) is 17.2. The van der Waals surface area contributed by atoms with Gasteiger partial charge in [-0.1, -0.05) is 11.6 Å². The number of hydrogen-bond acceptors (Lipinski definition) is 4. The fourth-order valence-electron chi connectivity index (χ4n) is 4.00. The van der Waals surface area contributed by atoms with Gasteiger partial charge in [0.05, 0.1) is 4.34 Å². The SMILES string of the molecule is O=C1CC[C@]2(CCCN(Cc3ccc(Cl)s3)C2)CN1CCCO. The summed E-state index contributed by atoms with van der Waals surface area (Å²) >= 11 is 7.70. The molecule has 1 aromatic rings. The summed E-state index contributed by atoms with van der Waals surface area (Å²) in [4.78, 5) is 17.9. The van der Waals surface area contributed by atoms with Gasteiger partial charge in [-0.05, 0) is 44.4 Å². The number of carbonyl (C=O) groups excluding carboxylic acids is 1. The highest BCUT2D eigenvalue weighted by atomic mass is 35.5. The van der Waals surface area contributed by atoms with Crippen molar-refractivity contribution in [3.05, 3.63) is 21.3 Å². The largest absolute Gasteiger partial charge is 0.396 e. The predicted octanol–water partition coefficient (Wildman–Crippen LogP) is 2.99.